The molecule has 28 heavy (non-hydrogen) atoms. The monoisotopic (exact) mass is 415 g/mol. The van der Waals surface area contributed by atoms with Gasteiger partial charge in [0.1, 0.15) is 4.83 Å². The van der Waals surface area contributed by atoms with Gasteiger partial charge in [0, 0.05) is 43.4 Å². The lowest BCUT2D eigenvalue weighted by Crippen LogP contribution is -2.37. The van der Waals surface area contributed by atoms with Crippen molar-refractivity contribution in [2.45, 2.75) is 19.0 Å². The molecule has 2 aromatic heterocycles. The van der Waals surface area contributed by atoms with Gasteiger partial charge in [-0.25, -0.2) is 4.98 Å². The summed E-state index contributed by atoms with van der Waals surface area (Å²) in [5.41, 5.74) is 4.60. The molecule has 0 radical (unpaired) electrons. The topological polar surface area (TPSA) is 47.4 Å². The number of fused-ring (bicyclic) bond motifs is 1. The van der Waals surface area contributed by atoms with E-state index in [0.717, 1.165) is 65.1 Å². The van der Waals surface area contributed by atoms with Crippen LogP contribution in [0.5, 0.6) is 0 Å². The Morgan fingerprint density at radius 3 is 2.75 bits per heavy atom. The van der Waals surface area contributed by atoms with Crippen molar-refractivity contribution in [2.75, 3.05) is 38.6 Å². The van der Waals surface area contributed by atoms with E-state index in [1.165, 1.54) is 11.1 Å². The Morgan fingerprint density at radius 1 is 1.21 bits per heavy atom. The van der Waals surface area contributed by atoms with E-state index in [2.05, 4.69) is 42.3 Å². The largest absolute Gasteiger partial charge is 0.379 e. The van der Waals surface area contributed by atoms with Crippen molar-refractivity contribution in [3.8, 4) is 11.1 Å². The summed E-state index contributed by atoms with van der Waals surface area (Å²) < 4.78 is 7.09. The third kappa shape index (κ3) is 3.89. The zero-order valence-corrected chi connectivity index (χ0v) is 18.2. The van der Waals surface area contributed by atoms with Gasteiger partial charge in [0.25, 0.3) is 5.56 Å². The molecule has 0 bridgehead atoms. The standard InChI is InChI=1S/C21H25N3O2S2/c1-14-4-5-16(12-15(14)2)17-13-28-19-18(17)20(25)23(3)21(22-19)27-11-8-24-6-9-26-10-7-24/h4-5,12-13H,6-11H2,1-3H3. The van der Waals surface area contributed by atoms with E-state index in [-0.39, 0.29) is 5.56 Å². The number of thiophene rings is 1. The minimum absolute atomic E-state index is 0.0355. The molecule has 1 aromatic carbocycles. The smallest absolute Gasteiger partial charge is 0.263 e. The van der Waals surface area contributed by atoms with Crippen LogP contribution in [0.15, 0.2) is 33.5 Å². The van der Waals surface area contributed by atoms with Crippen molar-refractivity contribution >= 4 is 33.3 Å². The molecule has 0 atom stereocenters. The normalized spacial score (nSPS) is 15.4. The van der Waals surface area contributed by atoms with Gasteiger partial charge >= 0.3 is 0 Å². The minimum Gasteiger partial charge on any atom is -0.379 e. The third-order valence-corrected chi connectivity index (χ3v) is 7.22. The van der Waals surface area contributed by atoms with E-state index in [4.69, 9.17) is 9.72 Å². The summed E-state index contributed by atoms with van der Waals surface area (Å²) in [6, 6.07) is 6.36. The average Bonchev–Trinajstić information content (AvgIpc) is 3.12. The van der Waals surface area contributed by atoms with Gasteiger partial charge < -0.3 is 4.74 Å². The van der Waals surface area contributed by atoms with Crippen LogP contribution in [0.1, 0.15) is 11.1 Å². The lowest BCUT2D eigenvalue weighted by atomic mass is 10.0. The highest BCUT2D eigenvalue weighted by Gasteiger charge is 2.17. The van der Waals surface area contributed by atoms with Crippen LogP contribution in [-0.2, 0) is 11.8 Å². The molecule has 0 N–H and O–H groups in total. The fourth-order valence-corrected chi connectivity index (χ4v) is 5.35. The van der Waals surface area contributed by atoms with Crippen molar-refractivity contribution in [3.05, 3.63) is 45.1 Å². The van der Waals surface area contributed by atoms with Gasteiger partial charge in [0.05, 0.1) is 18.6 Å². The van der Waals surface area contributed by atoms with Crippen LogP contribution in [0, 0.1) is 13.8 Å². The summed E-state index contributed by atoms with van der Waals surface area (Å²) in [6.07, 6.45) is 0. The van der Waals surface area contributed by atoms with Crippen molar-refractivity contribution in [1.29, 1.82) is 0 Å². The number of morpholine rings is 1. The molecule has 0 spiro atoms. The highest BCUT2D eigenvalue weighted by atomic mass is 32.2. The molecule has 7 heteroatoms. The highest BCUT2D eigenvalue weighted by molar-refractivity contribution is 7.99. The highest BCUT2D eigenvalue weighted by Crippen LogP contribution is 2.32. The lowest BCUT2D eigenvalue weighted by molar-refractivity contribution is 0.0410. The lowest BCUT2D eigenvalue weighted by Gasteiger charge is -2.26. The van der Waals surface area contributed by atoms with E-state index in [1.807, 2.05) is 7.05 Å². The number of aryl methyl sites for hydroxylation is 2. The second-order valence-corrected chi connectivity index (χ2v) is 9.11. The van der Waals surface area contributed by atoms with Gasteiger partial charge in [-0.15, -0.1) is 11.3 Å². The van der Waals surface area contributed by atoms with E-state index < -0.39 is 0 Å². The first-order valence-corrected chi connectivity index (χ1v) is 11.4. The summed E-state index contributed by atoms with van der Waals surface area (Å²) in [5.74, 6) is 0.918. The average molecular weight is 416 g/mol. The molecule has 0 aliphatic carbocycles. The number of aromatic nitrogens is 2. The number of rotatable bonds is 5. The molecule has 4 rings (SSSR count). The maximum Gasteiger partial charge on any atom is 0.263 e. The SMILES string of the molecule is Cc1ccc(-c2csc3nc(SCCN4CCOCC4)n(C)c(=O)c23)cc1C. The molecule has 3 aromatic rings. The molecule has 148 valence electrons. The molecule has 0 saturated carbocycles. The Morgan fingerprint density at radius 2 is 2.00 bits per heavy atom. The molecular weight excluding hydrogens is 390 g/mol. The van der Waals surface area contributed by atoms with Crippen LogP contribution >= 0.6 is 23.1 Å². The van der Waals surface area contributed by atoms with Crippen LogP contribution in [0.3, 0.4) is 0 Å². The molecule has 1 fully saturated rings. The number of hydrogen-bond donors (Lipinski definition) is 0. The van der Waals surface area contributed by atoms with Crippen LogP contribution in [0.25, 0.3) is 21.3 Å². The second-order valence-electron chi connectivity index (χ2n) is 7.19. The van der Waals surface area contributed by atoms with E-state index >= 15 is 0 Å². The van der Waals surface area contributed by atoms with Crippen molar-refractivity contribution in [1.82, 2.24) is 14.5 Å². The zero-order chi connectivity index (χ0) is 19.7. The van der Waals surface area contributed by atoms with Gasteiger partial charge in [-0.3, -0.25) is 14.3 Å². The van der Waals surface area contributed by atoms with E-state index in [1.54, 1.807) is 27.7 Å². The number of hydrogen-bond acceptors (Lipinski definition) is 6. The fraction of sp³-hybridized carbons (Fsp3) is 0.429. The molecular formula is C21H25N3O2S2. The van der Waals surface area contributed by atoms with Gasteiger partial charge in [-0.05, 0) is 30.5 Å². The Bertz CT molecular complexity index is 1050. The number of benzene rings is 1. The fourth-order valence-electron chi connectivity index (χ4n) is 3.39. The minimum atomic E-state index is 0.0355. The summed E-state index contributed by atoms with van der Waals surface area (Å²) >= 11 is 3.21. The predicted octanol–water partition coefficient (Wildman–Crippen LogP) is 3.70. The maximum absolute atomic E-state index is 13.1. The summed E-state index contributed by atoms with van der Waals surface area (Å²) in [6.45, 7) is 8.78. The first-order chi connectivity index (χ1) is 13.5. The van der Waals surface area contributed by atoms with Crippen molar-refractivity contribution in [2.24, 2.45) is 7.05 Å². The van der Waals surface area contributed by atoms with Crippen LogP contribution < -0.4 is 5.56 Å². The van der Waals surface area contributed by atoms with Crippen molar-refractivity contribution in [3.63, 3.8) is 0 Å². The van der Waals surface area contributed by atoms with Crippen LogP contribution in [-0.4, -0.2) is 53.1 Å². The Balaban J connectivity index is 1.60. The van der Waals surface area contributed by atoms with Crippen LogP contribution in [0.2, 0.25) is 0 Å². The van der Waals surface area contributed by atoms with Crippen LogP contribution in [0.4, 0.5) is 0 Å². The Hall–Kier alpha value is -1.67. The summed E-state index contributed by atoms with van der Waals surface area (Å²) in [7, 11) is 1.83. The zero-order valence-electron chi connectivity index (χ0n) is 16.5. The Labute approximate surface area is 173 Å². The molecule has 5 nitrogen and oxygen atoms in total. The molecule has 0 amide bonds. The first-order valence-electron chi connectivity index (χ1n) is 9.53. The summed E-state index contributed by atoms with van der Waals surface area (Å²) in [4.78, 5) is 21.1. The second kappa shape index (κ2) is 8.37. The maximum atomic E-state index is 13.1. The molecule has 1 aliphatic rings. The van der Waals surface area contributed by atoms with E-state index in [0.29, 0.717) is 0 Å². The van der Waals surface area contributed by atoms with Crippen molar-refractivity contribution < 1.29 is 4.74 Å². The van der Waals surface area contributed by atoms with Gasteiger partial charge in [-0.1, -0.05) is 30.0 Å². The predicted molar refractivity (Wildman–Crippen MR) is 118 cm³/mol. The van der Waals surface area contributed by atoms with Gasteiger partial charge in [-0.2, -0.15) is 0 Å². The van der Waals surface area contributed by atoms with E-state index in [9.17, 15) is 4.79 Å². The Kier molecular flexibility index (Phi) is 5.87. The summed E-state index contributed by atoms with van der Waals surface area (Å²) in [5, 5.41) is 3.58. The third-order valence-electron chi connectivity index (χ3n) is 5.33. The molecule has 0 unspecified atom stereocenters. The number of ether oxygens (including phenoxy) is 1. The van der Waals surface area contributed by atoms with Gasteiger partial charge in [0.2, 0.25) is 0 Å². The number of nitrogens with zero attached hydrogens (tertiary/aromatic N) is 3. The molecule has 1 saturated heterocycles. The quantitative estimate of drug-likeness (QED) is 0.470. The molecule has 3 heterocycles. The molecule has 1 aliphatic heterocycles. The number of thioether (sulfide) groups is 1. The van der Waals surface area contributed by atoms with Gasteiger partial charge in [0.15, 0.2) is 5.16 Å². The first kappa shape index (κ1) is 19.6.